The molecule has 0 unspecified atom stereocenters. The molecular weight excluding hydrogens is 260 g/mol. The Balaban J connectivity index is 1.99. The van der Waals surface area contributed by atoms with E-state index in [1.165, 1.54) is 0 Å². The summed E-state index contributed by atoms with van der Waals surface area (Å²) in [5, 5.41) is 20.2. The van der Waals surface area contributed by atoms with Gasteiger partial charge in [-0.15, -0.1) is 5.10 Å². The highest BCUT2D eigenvalue weighted by Gasteiger charge is 2.07. The van der Waals surface area contributed by atoms with E-state index in [2.05, 4.69) is 15.5 Å². The second-order valence-corrected chi connectivity index (χ2v) is 4.32. The molecule has 1 aromatic heterocycles. The number of ether oxygens (including phenoxy) is 1. The maximum Gasteiger partial charge on any atom is 0.307 e. The molecule has 0 spiro atoms. The first kappa shape index (κ1) is 14.0. The number of carboxylic acids is 1. The lowest BCUT2D eigenvalue weighted by molar-refractivity contribution is -0.136. The van der Waals surface area contributed by atoms with Crippen molar-refractivity contribution in [2.75, 3.05) is 0 Å². The zero-order valence-corrected chi connectivity index (χ0v) is 11.2. The second kappa shape index (κ2) is 6.65. The molecule has 7 nitrogen and oxygen atoms in total. The highest BCUT2D eigenvalue weighted by atomic mass is 16.5. The molecule has 0 aliphatic carbocycles. The van der Waals surface area contributed by atoms with E-state index in [9.17, 15) is 4.79 Å². The molecule has 2 aromatic rings. The first-order valence-electron chi connectivity index (χ1n) is 6.37. The van der Waals surface area contributed by atoms with E-state index < -0.39 is 5.97 Å². The standard InChI is InChI=1S/C13H16N4O3/c1-2-6-17-12(14-15-16-17)9-20-11-5-3-4-10(7-11)8-13(18)19/h3-5,7H,2,6,8-9H2,1H3,(H,18,19). The van der Waals surface area contributed by atoms with Gasteiger partial charge < -0.3 is 9.84 Å². The Morgan fingerprint density at radius 2 is 2.30 bits per heavy atom. The van der Waals surface area contributed by atoms with Crippen LogP contribution in [0.1, 0.15) is 24.7 Å². The molecule has 0 atom stereocenters. The van der Waals surface area contributed by atoms with E-state index >= 15 is 0 Å². The molecule has 1 N–H and O–H groups in total. The molecule has 0 aliphatic rings. The molecule has 0 amide bonds. The van der Waals surface area contributed by atoms with E-state index in [-0.39, 0.29) is 13.0 Å². The highest BCUT2D eigenvalue weighted by molar-refractivity contribution is 5.70. The van der Waals surface area contributed by atoms with Gasteiger partial charge in [0.2, 0.25) is 0 Å². The van der Waals surface area contributed by atoms with Gasteiger partial charge in [0.05, 0.1) is 6.42 Å². The molecule has 0 saturated heterocycles. The van der Waals surface area contributed by atoms with Crippen molar-refractivity contribution in [3.05, 3.63) is 35.7 Å². The third-order valence-corrected chi connectivity index (χ3v) is 2.66. The van der Waals surface area contributed by atoms with Crippen molar-refractivity contribution in [3.8, 4) is 5.75 Å². The van der Waals surface area contributed by atoms with Crippen molar-refractivity contribution < 1.29 is 14.6 Å². The molecule has 20 heavy (non-hydrogen) atoms. The smallest absolute Gasteiger partial charge is 0.307 e. The van der Waals surface area contributed by atoms with Crippen LogP contribution >= 0.6 is 0 Å². The van der Waals surface area contributed by atoms with Crippen LogP contribution in [0.4, 0.5) is 0 Å². The molecule has 0 radical (unpaired) electrons. The summed E-state index contributed by atoms with van der Waals surface area (Å²) in [5.74, 6) is 0.388. The van der Waals surface area contributed by atoms with Gasteiger partial charge in [0.15, 0.2) is 5.82 Å². The number of aromatic nitrogens is 4. The fourth-order valence-electron chi connectivity index (χ4n) is 1.78. The quantitative estimate of drug-likeness (QED) is 0.819. The zero-order chi connectivity index (χ0) is 14.4. The third-order valence-electron chi connectivity index (χ3n) is 2.66. The summed E-state index contributed by atoms with van der Waals surface area (Å²) >= 11 is 0. The first-order valence-corrected chi connectivity index (χ1v) is 6.37. The van der Waals surface area contributed by atoms with Crippen LogP contribution < -0.4 is 4.74 Å². The van der Waals surface area contributed by atoms with Crippen LogP contribution in [0.5, 0.6) is 5.75 Å². The minimum atomic E-state index is -0.867. The highest BCUT2D eigenvalue weighted by Crippen LogP contribution is 2.15. The van der Waals surface area contributed by atoms with Crippen molar-refractivity contribution in [3.63, 3.8) is 0 Å². The Hall–Kier alpha value is -2.44. The molecule has 106 valence electrons. The van der Waals surface area contributed by atoms with Crippen LogP contribution in [0.15, 0.2) is 24.3 Å². The molecule has 7 heteroatoms. The number of tetrazole rings is 1. The van der Waals surface area contributed by atoms with Crippen molar-refractivity contribution in [2.45, 2.75) is 32.9 Å². The summed E-state index contributed by atoms with van der Waals surface area (Å²) in [4.78, 5) is 10.7. The Morgan fingerprint density at radius 1 is 1.45 bits per heavy atom. The number of carboxylic acid groups (broad SMARTS) is 1. The van der Waals surface area contributed by atoms with Gasteiger partial charge in [-0.25, -0.2) is 4.68 Å². The van der Waals surface area contributed by atoms with E-state index in [0.29, 0.717) is 17.1 Å². The fraction of sp³-hybridized carbons (Fsp3) is 0.385. The van der Waals surface area contributed by atoms with Gasteiger partial charge in [0.25, 0.3) is 0 Å². The van der Waals surface area contributed by atoms with Crippen molar-refractivity contribution in [2.24, 2.45) is 0 Å². The predicted octanol–water partition coefficient (Wildman–Crippen LogP) is 1.29. The number of rotatable bonds is 7. The van der Waals surface area contributed by atoms with Crippen LogP contribution in [0, 0.1) is 0 Å². The maximum absolute atomic E-state index is 10.7. The fourth-order valence-corrected chi connectivity index (χ4v) is 1.78. The van der Waals surface area contributed by atoms with Crippen LogP contribution in [-0.2, 0) is 24.4 Å². The number of carbonyl (C=O) groups is 1. The molecule has 2 rings (SSSR count). The summed E-state index contributed by atoms with van der Waals surface area (Å²) < 4.78 is 7.30. The third kappa shape index (κ3) is 3.78. The second-order valence-electron chi connectivity index (χ2n) is 4.32. The number of aryl methyl sites for hydroxylation is 1. The Kier molecular flexibility index (Phi) is 4.65. The largest absolute Gasteiger partial charge is 0.486 e. The Morgan fingerprint density at radius 3 is 3.05 bits per heavy atom. The van der Waals surface area contributed by atoms with Gasteiger partial charge in [-0.2, -0.15) is 0 Å². The SMILES string of the molecule is CCCn1nnnc1COc1cccc(CC(=O)O)c1. The monoisotopic (exact) mass is 276 g/mol. The lowest BCUT2D eigenvalue weighted by Gasteiger charge is -2.07. The molecule has 1 aromatic carbocycles. The lowest BCUT2D eigenvalue weighted by Crippen LogP contribution is -2.08. The minimum absolute atomic E-state index is 0.0230. The first-order chi connectivity index (χ1) is 9.69. The van der Waals surface area contributed by atoms with Crippen LogP contribution in [0.3, 0.4) is 0 Å². The van der Waals surface area contributed by atoms with E-state index in [1.54, 1.807) is 28.9 Å². The molecule has 0 bridgehead atoms. The average molecular weight is 276 g/mol. The van der Waals surface area contributed by atoms with Gasteiger partial charge >= 0.3 is 5.97 Å². The summed E-state index contributed by atoms with van der Waals surface area (Å²) in [7, 11) is 0. The number of hydrogen-bond donors (Lipinski definition) is 1. The van der Waals surface area contributed by atoms with Crippen LogP contribution in [0.2, 0.25) is 0 Å². The summed E-state index contributed by atoms with van der Waals surface area (Å²) in [6.45, 7) is 3.04. The summed E-state index contributed by atoms with van der Waals surface area (Å²) in [6, 6.07) is 7.01. The Labute approximate surface area is 116 Å². The normalized spacial score (nSPS) is 10.4. The summed E-state index contributed by atoms with van der Waals surface area (Å²) in [6.07, 6.45) is 0.914. The number of hydrogen-bond acceptors (Lipinski definition) is 5. The lowest BCUT2D eigenvalue weighted by atomic mass is 10.1. The van der Waals surface area contributed by atoms with Gasteiger partial charge in [-0.05, 0) is 34.5 Å². The van der Waals surface area contributed by atoms with Crippen LogP contribution in [-0.4, -0.2) is 31.3 Å². The van der Waals surface area contributed by atoms with E-state index in [0.717, 1.165) is 13.0 Å². The predicted molar refractivity (Wildman–Crippen MR) is 70.2 cm³/mol. The van der Waals surface area contributed by atoms with E-state index in [1.807, 2.05) is 6.92 Å². The van der Waals surface area contributed by atoms with Gasteiger partial charge in [0, 0.05) is 6.54 Å². The number of benzene rings is 1. The topological polar surface area (TPSA) is 90.1 Å². The number of aliphatic carboxylic acids is 1. The number of nitrogens with zero attached hydrogens (tertiary/aromatic N) is 4. The van der Waals surface area contributed by atoms with Crippen molar-refractivity contribution >= 4 is 5.97 Å². The van der Waals surface area contributed by atoms with Crippen LogP contribution in [0.25, 0.3) is 0 Å². The zero-order valence-electron chi connectivity index (χ0n) is 11.2. The van der Waals surface area contributed by atoms with Crippen molar-refractivity contribution in [1.82, 2.24) is 20.2 Å². The summed E-state index contributed by atoms with van der Waals surface area (Å²) in [5.41, 5.74) is 0.697. The minimum Gasteiger partial charge on any atom is -0.486 e. The van der Waals surface area contributed by atoms with Gasteiger partial charge in [-0.1, -0.05) is 19.1 Å². The molecule has 0 saturated carbocycles. The van der Waals surface area contributed by atoms with Crippen molar-refractivity contribution in [1.29, 1.82) is 0 Å². The Bertz CT molecular complexity index is 583. The van der Waals surface area contributed by atoms with Gasteiger partial charge in [0.1, 0.15) is 12.4 Å². The van der Waals surface area contributed by atoms with Gasteiger partial charge in [-0.3, -0.25) is 4.79 Å². The maximum atomic E-state index is 10.7. The molecule has 0 aliphatic heterocycles. The molecule has 0 fully saturated rings. The molecular formula is C13H16N4O3. The molecule has 1 heterocycles. The average Bonchev–Trinajstić information content (AvgIpc) is 2.84. The van der Waals surface area contributed by atoms with E-state index in [4.69, 9.17) is 9.84 Å².